The van der Waals surface area contributed by atoms with Gasteiger partial charge in [0.05, 0.1) is 18.8 Å². The monoisotopic (exact) mass is 446 g/mol. The molecule has 2 aromatic rings. The first kappa shape index (κ1) is 15.7. The molecule has 2 rings (SSSR count). The van der Waals surface area contributed by atoms with Gasteiger partial charge in [0.1, 0.15) is 5.75 Å². The fraction of sp³-hybridized carbons (Fsp3) is 0.267. The summed E-state index contributed by atoms with van der Waals surface area (Å²) < 4.78 is 7.82. The van der Waals surface area contributed by atoms with E-state index >= 15 is 0 Å². The smallest absolute Gasteiger partial charge is 0.137 e. The fourth-order valence-electron chi connectivity index (χ4n) is 2.08. The zero-order valence-corrected chi connectivity index (χ0v) is 15.1. The van der Waals surface area contributed by atoms with E-state index in [1.165, 1.54) is 9.13 Å². The summed E-state index contributed by atoms with van der Waals surface area (Å²) in [6.45, 7) is 2.61. The minimum atomic E-state index is 0.0901. The number of rotatable bonds is 5. The van der Waals surface area contributed by atoms with Crippen LogP contribution in [0.3, 0.4) is 0 Å². The van der Waals surface area contributed by atoms with Gasteiger partial charge in [-0.3, -0.25) is 4.98 Å². The van der Waals surface area contributed by atoms with Crippen LogP contribution in [0.15, 0.2) is 41.1 Å². The Kier molecular flexibility index (Phi) is 5.80. The lowest BCUT2D eigenvalue weighted by molar-refractivity contribution is 0.338. The maximum absolute atomic E-state index is 5.53. The third-order valence-corrected chi connectivity index (χ3v) is 4.41. The molecule has 0 aliphatic heterocycles. The summed E-state index contributed by atoms with van der Waals surface area (Å²) in [4.78, 5) is 4.27. The minimum Gasteiger partial charge on any atom is -0.492 e. The number of aromatic nitrogens is 1. The van der Waals surface area contributed by atoms with E-state index < -0.39 is 0 Å². The molecule has 0 bridgehead atoms. The van der Waals surface area contributed by atoms with Gasteiger partial charge in [-0.1, -0.05) is 15.9 Å². The highest BCUT2D eigenvalue weighted by atomic mass is 127. The number of ether oxygens (including phenoxy) is 1. The van der Waals surface area contributed by atoms with Crippen molar-refractivity contribution < 1.29 is 4.74 Å². The highest BCUT2D eigenvalue weighted by Gasteiger charge is 2.16. The number of hydrogen-bond donors (Lipinski definition) is 1. The molecule has 0 radical (unpaired) electrons. The van der Waals surface area contributed by atoms with Gasteiger partial charge in [0.2, 0.25) is 0 Å². The van der Waals surface area contributed by atoms with E-state index in [4.69, 9.17) is 4.74 Å². The number of nitrogens with zero attached hydrogens (tertiary/aromatic N) is 1. The first-order valence-corrected chi connectivity index (χ1v) is 8.22. The van der Waals surface area contributed by atoms with Crippen LogP contribution >= 0.6 is 38.5 Å². The molecule has 0 aliphatic rings. The van der Waals surface area contributed by atoms with Crippen LogP contribution in [0, 0.1) is 3.57 Å². The Morgan fingerprint density at radius 2 is 2.15 bits per heavy atom. The van der Waals surface area contributed by atoms with Crippen molar-refractivity contribution in [1.82, 2.24) is 10.3 Å². The summed E-state index contributed by atoms with van der Waals surface area (Å²) in [5.41, 5.74) is 2.31. The summed E-state index contributed by atoms with van der Waals surface area (Å²) in [6, 6.07) is 8.41. The van der Waals surface area contributed by atoms with Gasteiger partial charge < -0.3 is 10.1 Å². The van der Waals surface area contributed by atoms with E-state index in [9.17, 15) is 0 Å². The Bertz CT molecular complexity index is 592. The number of pyridine rings is 1. The molecule has 5 heteroatoms. The Morgan fingerprint density at radius 1 is 1.35 bits per heavy atom. The average molecular weight is 447 g/mol. The Balaban J connectivity index is 2.41. The second-order valence-electron chi connectivity index (χ2n) is 4.27. The summed E-state index contributed by atoms with van der Waals surface area (Å²) in [5, 5.41) is 3.35. The zero-order chi connectivity index (χ0) is 14.5. The van der Waals surface area contributed by atoms with Crippen molar-refractivity contribution in [3.63, 3.8) is 0 Å². The third kappa shape index (κ3) is 3.71. The lowest BCUT2D eigenvalue weighted by Gasteiger charge is -2.19. The largest absolute Gasteiger partial charge is 0.492 e. The van der Waals surface area contributed by atoms with Gasteiger partial charge >= 0.3 is 0 Å². The van der Waals surface area contributed by atoms with Crippen LogP contribution in [0.1, 0.15) is 24.1 Å². The van der Waals surface area contributed by atoms with Gasteiger partial charge in [-0.15, -0.1) is 0 Å². The van der Waals surface area contributed by atoms with Crippen molar-refractivity contribution in [2.75, 3.05) is 13.7 Å². The predicted octanol–water partition coefficient (Wildman–Crippen LogP) is 4.16. The van der Waals surface area contributed by atoms with E-state index in [-0.39, 0.29) is 6.04 Å². The van der Waals surface area contributed by atoms with Gasteiger partial charge in [0.15, 0.2) is 0 Å². The van der Waals surface area contributed by atoms with Crippen molar-refractivity contribution in [1.29, 1.82) is 0 Å². The van der Waals surface area contributed by atoms with Crippen LogP contribution in [0.5, 0.6) is 5.75 Å². The lowest BCUT2D eigenvalue weighted by Crippen LogP contribution is -2.19. The van der Waals surface area contributed by atoms with E-state index in [0.29, 0.717) is 6.61 Å². The molecule has 1 heterocycles. The standard InChI is InChI=1S/C15H16BrIN2O/c1-3-20-12-6-10(8-19-9-12)15(18-2)13-7-11(16)4-5-14(13)17/h4-9,15,18H,3H2,1-2H3. The van der Waals surface area contributed by atoms with E-state index in [1.807, 2.05) is 32.3 Å². The van der Waals surface area contributed by atoms with Crippen molar-refractivity contribution in [2.24, 2.45) is 0 Å². The molecule has 106 valence electrons. The molecule has 0 fully saturated rings. The van der Waals surface area contributed by atoms with Crippen LogP contribution in [0.4, 0.5) is 0 Å². The number of benzene rings is 1. The maximum Gasteiger partial charge on any atom is 0.137 e. The van der Waals surface area contributed by atoms with Gasteiger partial charge in [-0.25, -0.2) is 0 Å². The summed E-state index contributed by atoms with van der Waals surface area (Å²) in [6.07, 6.45) is 3.62. The van der Waals surface area contributed by atoms with Crippen molar-refractivity contribution in [2.45, 2.75) is 13.0 Å². The fourth-order valence-corrected chi connectivity index (χ4v) is 3.10. The molecule has 3 nitrogen and oxygen atoms in total. The second-order valence-corrected chi connectivity index (χ2v) is 6.35. The molecule has 1 aromatic heterocycles. The highest BCUT2D eigenvalue weighted by Crippen LogP contribution is 2.29. The summed E-state index contributed by atoms with van der Waals surface area (Å²) in [7, 11) is 1.95. The first-order chi connectivity index (χ1) is 9.65. The maximum atomic E-state index is 5.53. The summed E-state index contributed by atoms with van der Waals surface area (Å²) in [5.74, 6) is 0.801. The topological polar surface area (TPSA) is 34.1 Å². The number of halogens is 2. The Morgan fingerprint density at radius 3 is 2.85 bits per heavy atom. The van der Waals surface area contributed by atoms with Crippen LogP contribution in [0.25, 0.3) is 0 Å². The number of hydrogen-bond acceptors (Lipinski definition) is 3. The third-order valence-electron chi connectivity index (χ3n) is 2.94. The van der Waals surface area contributed by atoms with Crippen LogP contribution < -0.4 is 10.1 Å². The normalized spacial score (nSPS) is 12.2. The van der Waals surface area contributed by atoms with Crippen LogP contribution in [0.2, 0.25) is 0 Å². The van der Waals surface area contributed by atoms with Gasteiger partial charge in [-0.2, -0.15) is 0 Å². The van der Waals surface area contributed by atoms with Crippen molar-refractivity contribution >= 4 is 38.5 Å². The molecule has 0 aliphatic carbocycles. The highest BCUT2D eigenvalue weighted by molar-refractivity contribution is 14.1. The molecule has 0 saturated heterocycles. The molecule has 1 atom stereocenters. The Hall–Kier alpha value is -0.660. The zero-order valence-electron chi connectivity index (χ0n) is 11.4. The first-order valence-electron chi connectivity index (χ1n) is 6.35. The van der Waals surface area contributed by atoms with Crippen LogP contribution in [-0.4, -0.2) is 18.6 Å². The molecular weight excluding hydrogens is 431 g/mol. The van der Waals surface area contributed by atoms with Crippen LogP contribution in [-0.2, 0) is 0 Å². The molecule has 1 unspecified atom stereocenters. The van der Waals surface area contributed by atoms with Crippen molar-refractivity contribution in [3.8, 4) is 5.75 Å². The van der Waals surface area contributed by atoms with Gasteiger partial charge in [0.25, 0.3) is 0 Å². The molecular formula is C15H16BrIN2O. The molecule has 1 aromatic carbocycles. The summed E-state index contributed by atoms with van der Waals surface area (Å²) >= 11 is 5.89. The SMILES string of the molecule is CCOc1cncc(C(NC)c2cc(Br)ccc2I)c1. The molecule has 0 spiro atoms. The average Bonchev–Trinajstić information content (AvgIpc) is 2.44. The molecule has 0 amide bonds. The second kappa shape index (κ2) is 7.38. The lowest BCUT2D eigenvalue weighted by atomic mass is 10.0. The molecule has 1 N–H and O–H groups in total. The van der Waals surface area contributed by atoms with E-state index in [2.05, 4.69) is 61.0 Å². The minimum absolute atomic E-state index is 0.0901. The van der Waals surface area contributed by atoms with Gasteiger partial charge in [0, 0.05) is 14.2 Å². The Labute approximate surface area is 141 Å². The number of nitrogens with one attached hydrogen (secondary N) is 1. The molecule has 0 saturated carbocycles. The van der Waals surface area contributed by atoms with Crippen molar-refractivity contribution in [3.05, 3.63) is 55.8 Å². The molecule has 20 heavy (non-hydrogen) atoms. The van der Waals surface area contributed by atoms with E-state index in [1.54, 1.807) is 6.20 Å². The quantitative estimate of drug-likeness (QED) is 0.700. The van der Waals surface area contributed by atoms with E-state index in [0.717, 1.165) is 15.8 Å². The predicted molar refractivity (Wildman–Crippen MR) is 93.2 cm³/mol. The van der Waals surface area contributed by atoms with Gasteiger partial charge in [-0.05, 0) is 72.0 Å².